The Balaban J connectivity index is 1.98. The van der Waals surface area contributed by atoms with E-state index in [1.54, 1.807) is 0 Å². The van der Waals surface area contributed by atoms with Crippen molar-refractivity contribution in [3.8, 4) is 0 Å². The SMILES string of the molecule is C=C1C=C(c2ccc3ccccc3c2)c2cc(C)c(C)c(C)c2CC1. The van der Waals surface area contributed by atoms with E-state index in [1.807, 2.05) is 0 Å². The lowest BCUT2D eigenvalue weighted by atomic mass is 9.86. The molecule has 0 fully saturated rings. The molecule has 0 amide bonds. The van der Waals surface area contributed by atoms with Gasteiger partial charge in [0.25, 0.3) is 0 Å². The van der Waals surface area contributed by atoms with Crippen LogP contribution in [0.2, 0.25) is 0 Å². The normalized spacial score (nSPS) is 14.2. The first-order valence-corrected chi connectivity index (χ1v) is 9.03. The second-order valence-electron chi connectivity index (χ2n) is 7.25. The Labute approximate surface area is 150 Å². The molecule has 124 valence electrons. The highest BCUT2D eigenvalue weighted by Gasteiger charge is 2.18. The molecule has 25 heavy (non-hydrogen) atoms. The summed E-state index contributed by atoms with van der Waals surface area (Å²) in [4.78, 5) is 0. The molecule has 4 rings (SSSR count). The van der Waals surface area contributed by atoms with Crippen molar-refractivity contribution in [1.82, 2.24) is 0 Å². The summed E-state index contributed by atoms with van der Waals surface area (Å²) < 4.78 is 0. The van der Waals surface area contributed by atoms with Crippen LogP contribution in [-0.4, -0.2) is 0 Å². The fourth-order valence-corrected chi connectivity index (χ4v) is 3.93. The molecular weight excluding hydrogens is 300 g/mol. The molecule has 0 N–H and O–H groups in total. The lowest BCUT2D eigenvalue weighted by molar-refractivity contribution is 0.956. The molecule has 0 aromatic heterocycles. The first-order chi connectivity index (χ1) is 12.0. The molecule has 0 saturated heterocycles. The summed E-state index contributed by atoms with van der Waals surface area (Å²) in [5, 5.41) is 2.58. The van der Waals surface area contributed by atoms with Gasteiger partial charge in [0.15, 0.2) is 0 Å². The maximum atomic E-state index is 4.29. The summed E-state index contributed by atoms with van der Waals surface area (Å²) in [6.07, 6.45) is 4.41. The van der Waals surface area contributed by atoms with E-state index in [0.29, 0.717) is 0 Å². The van der Waals surface area contributed by atoms with Crippen molar-refractivity contribution >= 4 is 16.3 Å². The van der Waals surface area contributed by atoms with Crippen molar-refractivity contribution in [2.75, 3.05) is 0 Å². The Morgan fingerprint density at radius 2 is 1.56 bits per heavy atom. The maximum absolute atomic E-state index is 4.29. The van der Waals surface area contributed by atoms with E-state index in [9.17, 15) is 0 Å². The summed E-state index contributed by atoms with van der Waals surface area (Å²) in [6, 6.07) is 17.7. The summed E-state index contributed by atoms with van der Waals surface area (Å²) in [7, 11) is 0. The zero-order valence-electron chi connectivity index (χ0n) is 15.3. The minimum absolute atomic E-state index is 1.04. The molecule has 0 heterocycles. The van der Waals surface area contributed by atoms with E-state index >= 15 is 0 Å². The zero-order valence-corrected chi connectivity index (χ0v) is 15.3. The van der Waals surface area contributed by atoms with Crippen molar-refractivity contribution in [2.24, 2.45) is 0 Å². The summed E-state index contributed by atoms with van der Waals surface area (Å²) in [6.45, 7) is 11.0. The highest BCUT2D eigenvalue weighted by molar-refractivity contribution is 5.91. The minimum Gasteiger partial charge on any atom is -0.0958 e. The van der Waals surface area contributed by atoms with Gasteiger partial charge in [-0.25, -0.2) is 0 Å². The second-order valence-corrected chi connectivity index (χ2v) is 7.25. The smallest absolute Gasteiger partial charge is 0.0106 e. The molecule has 0 unspecified atom stereocenters. The van der Waals surface area contributed by atoms with Crippen LogP contribution in [0.5, 0.6) is 0 Å². The Bertz CT molecular complexity index is 1030. The average molecular weight is 324 g/mol. The van der Waals surface area contributed by atoms with Gasteiger partial charge in [0.05, 0.1) is 0 Å². The molecule has 1 aliphatic carbocycles. The van der Waals surface area contributed by atoms with Crippen molar-refractivity contribution in [3.63, 3.8) is 0 Å². The van der Waals surface area contributed by atoms with Gasteiger partial charge in [-0.2, -0.15) is 0 Å². The van der Waals surface area contributed by atoms with E-state index in [1.165, 1.54) is 55.3 Å². The van der Waals surface area contributed by atoms with E-state index in [2.05, 4.69) is 82.0 Å². The summed E-state index contributed by atoms with van der Waals surface area (Å²) >= 11 is 0. The van der Waals surface area contributed by atoms with Gasteiger partial charge in [-0.1, -0.05) is 60.7 Å². The first-order valence-electron chi connectivity index (χ1n) is 9.03. The maximum Gasteiger partial charge on any atom is -0.0106 e. The fraction of sp³-hybridized carbons (Fsp3) is 0.200. The molecule has 0 atom stereocenters. The number of rotatable bonds is 1. The second kappa shape index (κ2) is 6.04. The van der Waals surface area contributed by atoms with Crippen LogP contribution in [0.3, 0.4) is 0 Å². The number of fused-ring (bicyclic) bond motifs is 2. The van der Waals surface area contributed by atoms with Gasteiger partial charge in [-0.3, -0.25) is 0 Å². The number of aryl methyl sites for hydroxylation is 1. The van der Waals surface area contributed by atoms with Crippen LogP contribution < -0.4 is 0 Å². The molecule has 3 aromatic carbocycles. The number of hydrogen-bond donors (Lipinski definition) is 0. The number of hydrogen-bond acceptors (Lipinski definition) is 0. The van der Waals surface area contributed by atoms with E-state index in [4.69, 9.17) is 0 Å². The number of allylic oxidation sites excluding steroid dienone is 2. The highest BCUT2D eigenvalue weighted by atomic mass is 14.2. The van der Waals surface area contributed by atoms with Crippen LogP contribution in [0.4, 0.5) is 0 Å². The lowest BCUT2D eigenvalue weighted by Gasteiger charge is -2.18. The Morgan fingerprint density at radius 3 is 2.36 bits per heavy atom. The van der Waals surface area contributed by atoms with Gasteiger partial charge in [0.2, 0.25) is 0 Å². The largest absolute Gasteiger partial charge is 0.0958 e. The summed E-state index contributed by atoms with van der Waals surface area (Å²) in [5.74, 6) is 0. The van der Waals surface area contributed by atoms with Crippen LogP contribution in [0.1, 0.15) is 39.8 Å². The Hall–Kier alpha value is -2.60. The quantitative estimate of drug-likeness (QED) is 0.467. The molecule has 0 aliphatic heterocycles. The molecule has 0 radical (unpaired) electrons. The van der Waals surface area contributed by atoms with E-state index < -0.39 is 0 Å². The van der Waals surface area contributed by atoms with E-state index in [0.717, 1.165) is 12.8 Å². The standard InChI is InChI=1S/C25H24/c1-16-9-12-23-19(4)18(3)17(2)14-25(23)24(13-16)22-11-10-20-7-5-6-8-21(20)15-22/h5-8,10-11,13-15H,1,9,12H2,2-4H3. The van der Waals surface area contributed by atoms with Crippen molar-refractivity contribution in [3.05, 3.63) is 100 Å². The van der Waals surface area contributed by atoms with Crippen LogP contribution in [-0.2, 0) is 6.42 Å². The predicted octanol–water partition coefficient (Wildman–Crippen LogP) is 6.70. The molecule has 3 aromatic rings. The van der Waals surface area contributed by atoms with Crippen molar-refractivity contribution in [1.29, 1.82) is 0 Å². The fourth-order valence-electron chi connectivity index (χ4n) is 3.93. The molecule has 0 bridgehead atoms. The molecule has 0 spiro atoms. The highest BCUT2D eigenvalue weighted by Crippen LogP contribution is 2.36. The third-order valence-electron chi connectivity index (χ3n) is 5.69. The molecule has 0 saturated carbocycles. The third-order valence-corrected chi connectivity index (χ3v) is 5.69. The van der Waals surface area contributed by atoms with Gasteiger partial charge in [0.1, 0.15) is 0 Å². The van der Waals surface area contributed by atoms with Gasteiger partial charge in [-0.05, 0) is 89.4 Å². The van der Waals surface area contributed by atoms with Crippen LogP contribution in [0.15, 0.2) is 66.8 Å². The number of benzene rings is 3. The van der Waals surface area contributed by atoms with Crippen molar-refractivity contribution < 1.29 is 0 Å². The minimum atomic E-state index is 1.04. The van der Waals surface area contributed by atoms with Crippen LogP contribution >= 0.6 is 0 Å². The zero-order chi connectivity index (χ0) is 17.6. The lowest BCUT2D eigenvalue weighted by Crippen LogP contribution is -2.01. The third kappa shape index (κ3) is 2.72. The predicted molar refractivity (Wildman–Crippen MR) is 109 cm³/mol. The average Bonchev–Trinajstić information content (AvgIpc) is 2.78. The molecule has 0 heteroatoms. The molecular formula is C25H24. The van der Waals surface area contributed by atoms with Crippen LogP contribution in [0, 0.1) is 20.8 Å². The van der Waals surface area contributed by atoms with Gasteiger partial charge in [-0.15, -0.1) is 0 Å². The Kier molecular flexibility index (Phi) is 3.84. The first kappa shape index (κ1) is 15.9. The van der Waals surface area contributed by atoms with Gasteiger partial charge >= 0.3 is 0 Å². The van der Waals surface area contributed by atoms with Gasteiger partial charge < -0.3 is 0 Å². The van der Waals surface area contributed by atoms with E-state index in [-0.39, 0.29) is 0 Å². The molecule has 1 aliphatic rings. The Morgan fingerprint density at radius 1 is 0.800 bits per heavy atom. The van der Waals surface area contributed by atoms with Crippen LogP contribution in [0.25, 0.3) is 16.3 Å². The summed E-state index contributed by atoms with van der Waals surface area (Å²) in [5.41, 5.74) is 10.9. The molecule has 0 nitrogen and oxygen atoms in total. The van der Waals surface area contributed by atoms with Crippen molar-refractivity contribution in [2.45, 2.75) is 33.6 Å². The van der Waals surface area contributed by atoms with Gasteiger partial charge in [0, 0.05) is 0 Å². The topological polar surface area (TPSA) is 0 Å². The monoisotopic (exact) mass is 324 g/mol.